The van der Waals surface area contributed by atoms with Crippen LogP contribution in [0.15, 0.2) is 0 Å². The maximum atomic E-state index is 12.3. The number of rotatable bonds is 36. The third-order valence-corrected chi connectivity index (χ3v) is 7.71. The van der Waals surface area contributed by atoms with E-state index in [0.717, 1.165) is 38.5 Å². The molecule has 15 heteroatoms. The highest BCUT2D eigenvalue weighted by atomic mass is 16.6. The van der Waals surface area contributed by atoms with Gasteiger partial charge in [-0.1, -0.05) is 77.0 Å². The van der Waals surface area contributed by atoms with Gasteiger partial charge in [-0.15, -0.1) is 0 Å². The first-order chi connectivity index (χ1) is 23.6. The maximum Gasteiger partial charge on any atom is 0.326 e. The number of amides is 3. The van der Waals surface area contributed by atoms with Gasteiger partial charge in [-0.2, -0.15) is 0 Å². The van der Waals surface area contributed by atoms with E-state index < -0.39 is 18.0 Å². The first kappa shape index (κ1) is 45.9. The van der Waals surface area contributed by atoms with Crippen molar-refractivity contribution in [2.45, 2.75) is 134 Å². The largest absolute Gasteiger partial charge is 0.481 e. The lowest BCUT2D eigenvalue weighted by Crippen LogP contribution is -2.41. The molecule has 0 bridgehead atoms. The van der Waals surface area contributed by atoms with E-state index in [1.54, 1.807) is 0 Å². The SMILES string of the molecule is NOCC(=O)CCCNC(=O)COCCOCCNC(=O)CC[C@H](NC(=O)CCCCCCCCCCCCCCCCC(=O)O)C(=O)O. The fourth-order valence-electron chi connectivity index (χ4n) is 4.95. The van der Waals surface area contributed by atoms with Gasteiger partial charge in [0.05, 0.1) is 19.8 Å². The minimum atomic E-state index is -1.18. The van der Waals surface area contributed by atoms with Crippen LogP contribution < -0.4 is 21.8 Å². The molecular formula is C34H62N4O11. The number of unbranched alkanes of at least 4 members (excludes halogenated alkanes) is 13. The van der Waals surface area contributed by atoms with Crippen molar-refractivity contribution in [3.8, 4) is 0 Å². The van der Waals surface area contributed by atoms with Gasteiger partial charge in [-0.3, -0.25) is 28.8 Å². The highest BCUT2D eigenvalue weighted by Gasteiger charge is 2.20. The van der Waals surface area contributed by atoms with E-state index in [0.29, 0.717) is 19.4 Å². The Morgan fingerprint density at radius 1 is 0.531 bits per heavy atom. The fraction of sp³-hybridized carbons (Fsp3) is 0.824. The van der Waals surface area contributed by atoms with Crippen LogP contribution in [-0.2, 0) is 43.1 Å². The quantitative estimate of drug-likeness (QED) is 0.0408. The number of Topliss-reactive ketones (excluding diaryl/α,β-unsaturated/α-hetero) is 1. The summed E-state index contributed by atoms with van der Waals surface area (Å²) in [7, 11) is 0. The van der Waals surface area contributed by atoms with Crippen molar-refractivity contribution < 1.29 is 53.3 Å². The molecule has 0 aliphatic heterocycles. The van der Waals surface area contributed by atoms with Crippen molar-refractivity contribution >= 4 is 35.4 Å². The van der Waals surface area contributed by atoms with E-state index in [-0.39, 0.29) is 95.2 Å². The van der Waals surface area contributed by atoms with Crippen molar-refractivity contribution in [2.75, 3.05) is 46.1 Å². The van der Waals surface area contributed by atoms with E-state index in [2.05, 4.69) is 20.8 Å². The van der Waals surface area contributed by atoms with Crippen molar-refractivity contribution in [2.24, 2.45) is 5.90 Å². The zero-order valence-corrected chi connectivity index (χ0v) is 29.3. The van der Waals surface area contributed by atoms with Crippen molar-refractivity contribution in [3.05, 3.63) is 0 Å². The maximum absolute atomic E-state index is 12.3. The van der Waals surface area contributed by atoms with Gasteiger partial charge in [0.15, 0.2) is 5.78 Å². The van der Waals surface area contributed by atoms with E-state index in [4.69, 9.17) is 20.5 Å². The third-order valence-electron chi connectivity index (χ3n) is 7.71. The molecule has 0 radical (unpaired) electrons. The second-order valence-corrected chi connectivity index (χ2v) is 12.2. The van der Waals surface area contributed by atoms with Gasteiger partial charge >= 0.3 is 11.9 Å². The molecule has 0 rings (SSSR count). The number of nitrogens with one attached hydrogen (secondary N) is 3. The molecule has 7 N–H and O–H groups in total. The van der Waals surface area contributed by atoms with Crippen LogP contribution in [0.1, 0.15) is 128 Å². The zero-order valence-electron chi connectivity index (χ0n) is 29.3. The number of carbonyl (C=O) groups excluding carboxylic acids is 4. The molecule has 0 aromatic carbocycles. The lowest BCUT2D eigenvalue weighted by atomic mass is 10.0. The monoisotopic (exact) mass is 702 g/mol. The van der Waals surface area contributed by atoms with Gasteiger partial charge in [-0.05, 0) is 25.7 Å². The summed E-state index contributed by atoms with van der Waals surface area (Å²) in [6.45, 7) is 0.850. The Kier molecular flexibility index (Phi) is 31.2. The highest BCUT2D eigenvalue weighted by Crippen LogP contribution is 2.14. The number of nitrogens with two attached hydrogens (primary N) is 1. The van der Waals surface area contributed by atoms with Gasteiger partial charge in [0.1, 0.15) is 19.3 Å². The summed E-state index contributed by atoms with van der Waals surface area (Å²) in [5, 5.41) is 25.9. The number of ether oxygens (including phenoxy) is 2. The summed E-state index contributed by atoms with van der Waals surface area (Å²) < 4.78 is 10.6. The molecule has 0 aromatic rings. The van der Waals surface area contributed by atoms with Crippen LogP contribution in [0.3, 0.4) is 0 Å². The molecule has 3 amide bonds. The summed E-state index contributed by atoms with van der Waals surface area (Å²) in [5.41, 5.74) is 0. The Balaban J connectivity index is 3.69. The number of aliphatic carboxylic acids is 2. The van der Waals surface area contributed by atoms with Gasteiger partial charge in [0.2, 0.25) is 17.7 Å². The molecule has 0 fully saturated rings. The van der Waals surface area contributed by atoms with Crippen LogP contribution >= 0.6 is 0 Å². The summed E-state index contributed by atoms with van der Waals surface area (Å²) in [6.07, 6.45) is 16.3. The first-order valence-electron chi connectivity index (χ1n) is 17.9. The molecule has 284 valence electrons. The number of carboxylic acids is 2. The average Bonchev–Trinajstić information content (AvgIpc) is 3.05. The average molecular weight is 703 g/mol. The van der Waals surface area contributed by atoms with E-state index in [9.17, 15) is 33.9 Å². The predicted molar refractivity (Wildman–Crippen MR) is 182 cm³/mol. The van der Waals surface area contributed by atoms with E-state index >= 15 is 0 Å². The van der Waals surface area contributed by atoms with E-state index in [1.165, 1.54) is 44.9 Å². The summed E-state index contributed by atoms with van der Waals surface area (Å²) in [5.74, 6) is 1.79. The molecule has 0 unspecified atom stereocenters. The number of carboxylic acid groups (broad SMARTS) is 2. The lowest BCUT2D eigenvalue weighted by molar-refractivity contribution is -0.142. The van der Waals surface area contributed by atoms with Gasteiger partial charge in [0, 0.05) is 38.8 Å². The molecule has 49 heavy (non-hydrogen) atoms. The van der Waals surface area contributed by atoms with Crippen LogP contribution in [0.2, 0.25) is 0 Å². The van der Waals surface area contributed by atoms with Crippen LogP contribution in [0.5, 0.6) is 0 Å². The minimum Gasteiger partial charge on any atom is -0.481 e. The van der Waals surface area contributed by atoms with Crippen molar-refractivity contribution in [3.63, 3.8) is 0 Å². The molecule has 0 aliphatic rings. The van der Waals surface area contributed by atoms with Crippen LogP contribution in [-0.4, -0.2) is 97.8 Å². The molecule has 1 atom stereocenters. The molecule has 0 heterocycles. The summed E-state index contributed by atoms with van der Waals surface area (Å²) in [6, 6.07) is -1.13. The molecular weight excluding hydrogens is 640 g/mol. The Labute approximate surface area is 291 Å². The Morgan fingerprint density at radius 2 is 1.06 bits per heavy atom. The molecule has 0 saturated carbocycles. The smallest absolute Gasteiger partial charge is 0.326 e. The van der Waals surface area contributed by atoms with Crippen molar-refractivity contribution in [1.82, 2.24) is 16.0 Å². The second-order valence-electron chi connectivity index (χ2n) is 12.2. The van der Waals surface area contributed by atoms with Crippen LogP contribution in [0.4, 0.5) is 0 Å². The first-order valence-corrected chi connectivity index (χ1v) is 17.9. The molecule has 0 saturated heterocycles. The molecule has 0 aromatic heterocycles. The highest BCUT2D eigenvalue weighted by molar-refractivity contribution is 5.84. The Hall–Kier alpha value is -3.14. The fourth-order valence-corrected chi connectivity index (χ4v) is 4.95. The number of hydrogen-bond acceptors (Lipinski definition) is 10. The zero-order chi connectivity index (χ0) is 36.4. The predicted octanol–water partition coefficient (Wildman–Crippen LogP) is 3.17. The summed E-state index contributed by atoms with van der Waals surface area (Å²) in [4.78, 5) is 73.6. The third kappa shape index (κ3) is 33.1. The summed E-state index contributed by atoms with van der Waals surface area (Å²) >= 11 is 0. The topological polar surface area (TPSA) is 233 Å². The number of carbonyl (C=O) groups is 6. The standard InChI is InChI=1S/C34H62N4O11/c35-49-26-28(39)16-15-21-36-32(42)27-48-25-24-47-23-22-37-30(40)20-19-29(34(45)46)38-31(41)17-13-11-9-7-5-3-1-2-4-6-8-10-12-14-18-33(43)44/h29H,1-27,35H2,(H,36,42)(H,37,40)(H,38,41)(H,43,44)(H,45,46)/t29-/m0/s1. The lowest BCUT2D eigenvalue weighted by Gasteiger charge is -2.14. The normalized spacial score (nSPS) is 11.5. The van der Waals surface area contributed by atoms with Gasteiger partial charge < -0.3 is 35.6 Å². The van der Waals surface area contributed by atoms with Crippen molar-refractivity contribution in [1.29, 1.82) is 0 Å². The van der Waals surface area contributed by atoms with Crippen LogP contribution in [0.25, 0.3) is 0 Å². The second kappa shape index (κ2) is 33.4. The van der Waals surface area contributed by atoms with Crippen LogP contribution in [0, 0.1) is 0 Å². The number of ketones is 1. The van der Waals surface area contributed by atoms with E-state index in [1.807, 2.05) is 0 Å². The molecule has 15 nitrogen and oxygen atoms in total. The minimum absolute atomic E-state index is 0.0190. The number of hydrogen-bond donors (Lipinski definition) is 6. The Bertz CT molecular complexity index is 921. The molecule has 0 spiro atoms. The van der Waals surface area contributed by atoms with Gasteiger partial charge in [-0.25, -0.2) is 10.7 Å². The Morgan fingerprint density at radius 3 is 1.61 bits per heavy atom. The molecule has 0 aliphatic carbocycles. The van der Waals surface area contributed by atoms with Gasteiger partial charge in [0.25, 0.3) is 0 Å².